The molecule has 1 fully saturated rings. The number of carbonyl (C=O) groups excluding carboxylic acids is 1. The highest BCUT2D eigenvalue weighted by molar-refractivity contribution is 8.15. The molecule has 3 nitrogen and oxygen atoms in total. The Bertz CT molecular complexity index is 777. The van der Waals surface area contributed by atoms with E-state index in [4.69, 9.17) is 34.8 Å². The van der Waals surface area contributed by atoms with E-state index in [0.29, 0.717) is 26.7 Å². The van der Waals surface area contributed by atoms with Crippen molar-refractivity contribution < 1.29 is 4.79 Å². The highest BCUT2D eigenvalue weighted by Crippen LogP contribution is 2.28. The second-order valence-electron chi connectivity index (χ2n) is 4.94. The van der Waals surface area contributed by atoms with Crippen molar-refractivity contribution >= 4 is 63.3 Å². The summed E-state index contributed by atoms with van der Waals surface area (Å²) in [4.78, 5) is 16.5. The van der Waals surface area contributed by atoms with Crippen LogP contribution in [0.2, 0.25) is 15.1 Å². The van der Waals surface area contributed by atoms with Gasteiger partial charge in [0.05, 0.1) is 21.0 Å². The zero-order valence-electron chi connectivity index (χ0n) is 11.7. The van der Waals surface area contributed by atoms with Gasteiger partial charge in [-0.05, 0) is 48.4 Å². The molecule has 1 aliphatic heterocycles. The first-order valence-corrected chi connectivity index (χ1v) is 8.78. The fourth-order valence-electron chi connectivity index (χ4n) is 2.11. The summed E-state index contributed by atoms with van der Waals surface area (Å²) in [5.41, 5.74) is 1.70. The molecule has 0 spiro atoms. The molecule has 0 radical (unpaired) electrons. The van der Waals surface area contributed by atoms with Crippen molar-refractivity contribution in [3.05, 3.63) is 63.1 Å². The van der Waals surface area contributed by atoms with Crippen LogP contribution in [0.25, 0.3) is 0 Å². The van der Waals surface area contributed by atoms with Crippen LogP contribution in [-0.4, -0.2) is 16.3 Å². The average Bonchev–Trinajstić information content (AvgIpc) is 2.85. The fourth-order valence-corrected chi connectivity index (χ4v) is 3.58. The number of hydrogen-bond donors (Lipinski definition) is 1. The third kappa shape index (κ3) is 4.21. The van der Waals surface area contributed by atoms with Gasteiger partial charge in [0.2, 0.25) is 5.91 Å². The molecule has 23 heavy (non-hydrogen) atoms. The molecule has 1 atom stereocenters. The number of thioether (sulfide) groups is 1. The van der Waals surface area contributed by atoms with Crippen molar-refractivity contribution in [3.63, 3.8) is 0 Å². The van der Waals surface area contributed by atoms with Gasteiger partial charge in [-0.2, -0.15) is 0 Å². The van der Waals surface area contributed by atoms with E-state index in [2.05, 4.69) is 10.3 Å². The van der Waals surface area contributed by atoms with Crippen LogP contribution in [0.5, 0.6) is 0 Å². The first-order valence-electron chi connectivity index (χ1n) is 6.77. The number of amides is 1. The van der Waals surface area contributed by atoms with E-state index in [9.17, 15) is 4.79 Å². The molecule has 1 heterocycles. The van der Waals surface area contributed by atoms with E-state index < -0.39 is 0 Å². The largest absolute Gasteiger partial charge is 0.304 e. The number of rotatable bonds is 3. The van der Waals surface area contributed by atoms with Gasteiger partial charge >= 0.3 is 0 Å². The topological polar surface area (TPSA) is 41.5 Å². The van der Waals surface area contributed by atoms with Crippen LogP contribution in [0.15, 0.2) is 47.5 Å². The van der Waals surface area contributed by atoms with Gasteiger partial charge in [-0.1, -0.05) is 52.6 Å². The summed E-state index contributed by atoms with van der Waals surface area (Å²) in [7, 11) is 0. The Hall–Kier alpha value is -1.20. The lowest BCUT2D eigenvalue weighted by Crippen LogP contribution is -2.25. The van der Waals surface area contributed by atoms with Gasteiger partial charge < -0.3 is 5.32 Å². The van der Waals surface area contributed by atoms with Crippen LogP contribution in [0, 0.1) is 0 Å². The van der Waals surface area contributed by atoms with E-state index in [0.717, 1.165) is 11.3 Å². The van der Waals surface area contributed by atoms with Crippen LogP contribution >= 0.6 is 46.6 Å². The Labute approximate surface area is 153 Å². The van der Waals surface area contributed by atoms with Crippen molar-refractivity contribution in [2.24, 2.45) is 4.99 Å². The minimum atomic E-state index is -0.238. The van der Waals surface area contributed by atoms with Crippen LogP contribution in [-0.2, 0) is 11.2 Å². The smallest absolute Gasteiger partial charge is 0.239 e. The molecule has 2 aromatic carbocycles. The Morgan fingerprint density at radius 2 is 1.78 bits per heavy atom. The molecule has 1 saturated heterocycles. The Morgan fingerprint density at radius 3 is 2.48 bits per heavy atom. The van der Waals surface area contributed by atoms with Crippen LogP contribution in [0.3, 0.4) is 0 Å². The summed E-state index contributed by atoms with van der Waals surface area (Å²) in [6, 6.07) is 12.5. The number of hydrogen-bond acceptors (Lipinski definition) is 3. The van der Waals surface area contributed by atoms with Crippen molar-refractivity contribution in [1.82, 2.24) is 5.32 Å². The predicted octanol–water partition coefficient (Wildman–Crippen LogP) is 5.11. The third-order valence-electron chi connectivity index (χ3n) is 3.24. The molecular formula is C16H11Cl3N2OS. The average molecular weight is 386 g/mol. The van der Waals surface area contributed by atoms with Gasteiger partial charge in [-0.15, -0.1) is 0 Å². The van der Waals surface area contributed by atoms with Crippen LogP contribution < -0.4 is 5.32 Å². The lowest BCUT2D eigenvalue weighted by Gasteiger charge is -2.06. The second-order valence-corrected chi connectivity index (χ2v) is 7.38. The molecule has 3 rings (SSSR count). The summed E-state index contributed by atoms with van der Waals surface area (Å²) < 4.78 is 0. The quantitative estimate of drug-likeness (QED) is 0.798. The molecule has 0 saturated carbocycles. The number of nitrogens with zero attached hydrogens (tertiary/aromatic N) is 1. The van der Waals surface area contributed by atoms with Crippen molar-refractivity contribution in [2.75, 3.05) is 0 Å². The first-order chi connectivity index (χ1) is 11.0. The highest BCUT2D eigenvalue weighted by Gasteiger charge is 2.30. The van der Waals surface area contributed by atoms with Gasteiger partial charge in [0.25, 0.3) is 0 Å². The van der Waals surface area contributed by atoms with E-state index in [1.54, 1.807) is 36.4 Å². The molecule has 118 valence electrons. The molecule has 0 bridgehead atoms. The summed E-state index contributed by atoms with van der Waals surface area (Å²) in [5, 5.41) is 4.78. The summed E-state index contributed by atoms with van der Waals surface area (Å²) >= 11 is 19.2. The highest BCUT2D eigenvalue weighted by atomic mass is 35.5. The Balaban J connectivity index is 1.72. The molecule has 7 heteroatoms. The molecule has 2 aromatic rings. The number of amidine groups is 1. The third-order valence-corrected chi connectivity index (χ3v) is 5.31. The molecule has 0 aliphatic carbocycles. The van der Waals surface area contributed by atoms with Gasteiger partial charge in [0.1, 0.15) is 0 Å². The standard InChI is InChI=1S/C16H11Cl3N2OS/c17-10-2-4-11(5-3-10)20-16-21-15(22)14(23-16)8-9-1-6-12(18)13(19)7-9/h1-7,14H,8H2,(H,20,21,22). The molecule has 0 aromatic heterocycles. The summed E-state index contributed by atoms with van der Waals surface area (Å²) in [6.07, 6.45) is 0.563. The second kappa shape index (κ2) is 7.14. The minimum Gasteiger partial charge on any atom is -0.304 e. The number of halogens is 3. The van der Waals surface area contributed by atoms with Crippen LogP contribution in [0.1, 0.15) is 5.56 Å². The Kier molecular flexibility index (Phi) is 5.17. The molecular weight excluding hydrogens is 375 g/mol. The molecule has 1 N–H and O–H groups in total. The lowest BCUT2D eigenvalue weighted by molar-refractivity contribution is -0.118. The minimum absolute atomic E-state index is 0.0613. The van der Waals surface area contributed by atoms with Gasteiger partial charge in [-0.3, -0.25) is 4.79 Å². The van der Waals surface area contributed by atoms with Gasteiger partial charge in [0.15, 0.2) is 5.17 Å². The van der Waals surface area contributed by atoms with Gasteiger partial charge in [0, 0.05) is 5.02 Å². The normalized spacial score (nSPS) is 19.2. The maximum atomic E-state index is 12.1. The number of nitrogens with one attached hydrogen (secondary N) is 1. The van der Waals surface area contributed by atoms with Crippen molar-refractivity contribution in [3.8, 4) is 0 Å². The predicted molar refractivity (Wildman–Crippen MR) is 98.2 cm³/mol. The van der Waals surface area contributed by atoms with Crippen molar-refractivity contribution in [2.45, 2.75) is 11.7 Å². The number of benzene rings is 2. The maximum absolute atomic E-state index is 12.1. The molecule has 1 amide bonds. The monoisotopic (exact) mass is 384 g/mol. The first kappa shape index (κ1) is 16.7. The van der Waals surface area contributed by atoms with E-state index in [-0.39, 0.29) is 11.2 Å². The van der Waals surface area contributed by atoms with Crippen molar-refractivity contribution in [1.29, 1.82) is 0 Å². The number of carbonyl (C=O) groups is 1. The van der Waals surface area contributed by atoms with E-state index >= 15 is 0 Å². The SMILES string of the molecule is O=C1NC(=Nc2ccc(Cl)cc2)SC1Cc1ccc(Cl)c(Cl)c1. The van der Waals surface area contributed by atoms with E-state index in [1.807, 2.05) is 6.07 Å². The summed E-state index contributed by atoms with van der Waals surface area (Å²) in [6.45, 7) is 0. The molecule has 1 unspecified atom stereocenters. The van der Waals surface area contributed by atoms with Crippen LogP contribution in [0.4, 0.5) is 5.69 Å². The molecule has 1 aliphatic rings. The number of aliphatic imine (C=N–C) groups is 1. The Morgan fingerprint density at radius 1 is 1.04 bits per heavy atom. The van der Waals surface area contributed by atoms with Gasteiger partial charge in [-0.25, -0.2) is 4.99 Å². The summed E-state index contributed by atoms with van der Waals surface area (Å²) in [5.74, 6) is -0.0613. The maximum Gasteiger partial charge on any atom is 0.239 e. The fraction of sp³-hybridized carbons (Fsp3) is 0.125. The zero-order valence-corrected chi connectivity index (χ0v) is 14.8. The van der Waals surface area contributed by atoms with E-state index in [1.165, 1.54) is 11.8 Å². The lowest BCUT2D eigenvalue weighted by atomic mass is 10.1. The zero-order chi connectivity index (χ0) is 16.4.